The Labute approximate surface area is 120 Å². The lowest BCUT2D eigenvalue weighted by Crippen LogP contribution is -2.39. The summed E-state index contributed by atoms with van der Waals surface area (Å²) in [5, 5.41) is 21.4. The summed E-state index contributed by atoms with van der Waals surface area (Å²) >= 11 is 1.92. The normalized spacial score (nSPS) is 17.9. The highest BCUT2D eigenvalue weighted by molar-refractivity contribution is 7.99. The van der Waals surface area contributed by atoms with Gasteiger partial charge < -0.3 is 15.7 Å². The van der Waals surface area contributed by atoms with Gasteiger partial charge in [-0.05, 0) is 23.8 Å². The van der Waals surface area contributed by atoms with Crippen molar-refractivity contribution in [3.63, 3.8) is 0 Å². The van der Waals surface area contributed by atoms with Crippen molar-refractivity contribution in [3.05, 3.63) is 11.9 Å². The average molecular weight is 299 g/mol. The van der Waals surface area contributed by atoms with Crippen molar-refractivity contribution in [2.75, 3.05) is 24.6 Å². The molecule has 0 saturated carbocycles. The number of thioether (sulfide) groups is 1. The fourth-order valence-corrected chi connectivity index (χ4v) is 3.12. The molecule has 8 nitrogen and oxygen atoms in total. The van der Waals surface area contributed by atoms with Gasteiger partial charge in [0, 0.05) is 13.1 Å². The maximum Gasteiger partial charge on any atom is 0.358 e. The van der Waals surface area contributed by atoms with Gasteiger partial charge in [-0.1, -0.05) is 5.21 Å². The number of nitrogens with zero attached hydrogens (tertiary/aromatic N) is 3. The zero-order valence-corrected chi connectivity index (χ0v) is 11.7. The first-order valence-electron chi connectivity index (χ1n) is 6.38. The van der Waals surface area contributed by atoms with E-state index in [1.165, 1.54) is 16.6 Å². The second-order valence-corrected chi connectivity index (χ2v) is 5.69. The molecule has 1 atom stereocenters. The van der Waals surface area contributed by atoms with E-state index in [9.17, 15) is 9.59 Å². The van der Waals surface area contributed by atoms with Crippen molar-refractivity contribution in [2.24, 2.45) is 5.92 Å². The molecule has 0 radical (unpaired) electrons. The van der Waals surface area contributed by atoms with Crippen molar-refractivity contribution in [1.82, 2.24) is 25.6 Å². The number of amides is 2. The molecule has 2 amide bonds. The number of hydrogen-bond acceptors (Lipinski definition) is 5. The number of carbonyl (C=O) groups excluding carboxylic acids is 1. The van der Waals surface area contributed by atoms with E-state index < -0.39 is 5.97 Å². The highest BCUT2D eigenvalue weighted by Gasteiger charge is 2.15. The molecule has 1 aliphatic rings. The van der Waals surface area contributed by atoms with E-state index in [4.69, 9.17) is 5.11 Å². The number of carbonyl (C=O) groups is 2. The Bertz CT molecular complexity index is 472. The van der Waals surface area contributed by atoms with E-state index in [0.717, 1.165) is 12.2 Å². The maximum absolute atomic E-state index is 11.5. The van der Waals surface area contributed by atoms with Gasteiger partial charge in [-0.15, -0.1) is 5.10 Å². The fraction of sp³-hybridized carbons (Fsp3) is 0.636. The van der Waals surface area contributed by atoms with Gasteiger partial charge in [0.25, 0.3) is 0 Å². The summed E-state index contributed by atoms with van der Waals surface area (Å²) in [7, 11) is 0. The number of urea groups is 1. The number of carboxylic acids is 1. The van der Waals surface area contributed by atoms with E-state index >= 15 is 0 Å². The van der Waals surface area contributed by atoms with Crippen molar-refractivity contribution in [2.45, 2.75) is 13.0 Å². The SMILES string of the molecule is O=C(NCCn1cc(C(=O)O)nn1)NCC1CCSC1. The second kappa shape index (κ2) is 7.13. The summed E-state index contributed by atoms with van der Waals surface area (Å²) in [6, 6.07) is -0.208. The molecule has 2 heterocycles. The van der Waals surface area contributed by atoms with E-state index in [0.29, 0.717) is 25.6 Å². The van der Waals surface area contributed by atoms with Gasteiger partial charge in [-0.2, -0.15) is 11.8 Å². The Morgan fingerprint density at radius 1 is 1.50 bits per heavy atom. The third-order valence-electron chi connectivity index (χ3n) is 2.96. The lowest BCUT2D eigenvalue weighted by Gasteiger charge is -2.11. The molecule has 1 fully saturated rings. The van der Waals surface area contributed by atoms with Crippen LogP contribution >= 0.6 is 11.8 Å². The fourth-order valence-electron chi connectivity index (χ4n) is 1.83. The van der Waals surface area contributed by atoms with Crippen LogP contribution in [0.5, 0.6) is 0 Å². The van der Waals surface area contributed by atoms with Crippen LogP contribution in [0.25, 0.3) is 0 Å². The van der Waals surface area contributed by atoms with Gasteiger partial charge >= 0.3 is 12.0 Å². The number of rotatable bonds is 6. The standard InChI is InChI=1S/C11H17N5O3S/c17-10(18)9-6-16(15-14-9)3-2-12-11(19)13-5-8-1-4-20-7-8/h6,8H,1-5,7H2,(H,17,18)(H2,12,13,19). The van der Waals surface area contributed by atoms with Gasteiger partial charge in [0.05, 0.1) is 12.7 Å². The van der Waals surface area contributed by atoms with Crippen molar-refractivity contribution in [1.29, 1.82) is 0 Å². The zero-order valence-electron chi connectivity index (χ0n) is 10.9. The quantitative estimate of drug-likeness (QED) is 0.683. The lowest BCUT2D eigenvalue weighted by molar-refractivity contribution is 0.0690. The van der Waals surface area contributed by atoms with Crippen molar-refractivity contribution < 1.29 is 14.7 Å². The third-order valence-corrected chi connectivity index (χ3v) is 4.19. The third kappa shape index (κ3) is 4.41. The van der Waals surface area contributed by atoms with Gasteiger partial charge in [0.15, 0.2) is 5.69 Å². The molecule has 0 spiro atoms. The Morgan fingerprint density at radius 3 is 3.00 bits per heavy atom. The predicted molar refractivity (Wildman–Crippen MR) is 73.8 cm³/mol. The summed E-state index contributed by atoms with van der Waals surface area (Å²) in [5.41, 5.74) is -0.104. The number of aromatic carboxylic acids is 1. The van der Waals surface area contributed by atoms with E-state index in [1.54, 1.807) is 0 Å². The van der Waals surface area contributed by atoms with Gasteiger partial charge in [0.2, 0.25) is 0 Å². The minimum atomic E-state index is -1.11. The summed E-state index contributed by atoms with van der Waals surface area (Å²) in [5.74, 6) is 1.74. The van der Waals surface area contributed by atoms with Crippen molar-refractivity contribution >= 4 is 23.8 Å². The van der Waals surface area contributed by atoms with Crippen LogP contribution in [-0.4, -0.2) is 56.7 Å². The largest absolute Gasteiger partial charge is 0.476 e. The molecule has 1 unspecified atom stereocenters. The molecule has 2 rings (SSSR count). The first-order valence-corrected chi connectivity index (χ1v) is 7.53. The van der Waals surface area contributed by atoms with E-state index in [-0.39, 0.29) is 11.7 Å². The Balaban J connectivity index is 1.61. The molecule has 1 aromatic rings. The molecule has 0 bridgehead atoms. The van der Waals surface area contributed by atoms with Crippen LogP contribution in [0.15, 0.2) is 6.20 Å². The summed E-state index contributed by atoms with van der Waals surface area (Å²) in [6.45, 7) is 1.45. The van der Waals surface area contributed by atoms with Crippen LogP contribution in [0.3, 0.4) is 0 Å². The molecule has 9 heteroatoms. The minimum absolute atomic E-state index is 0.104. The Morgan fingerprint density at radius 2 is 2.35 bits per heavy atom. The van der Waals surface area contributed by atoms with Crippen LogP contribution < -0.4 is 10.6 Å². The number of aromatic nitrogens is 3. The number of nitrogens with one attached hydrogen (secondary N) is 2. The molecular weight excluding hydrogens is 282 g/mol. The van der Waals surface area contributed by atoms with Crippen LogP contribution in [0.1, 0.15) is 16.9 Å². The number of carboxylic acid groups (broad SMARTS) is 1. The maximum atomic E-state index is 11.5. The average Bonchev–Trinajstić information content (AvgIpc) is 3.07. The van der Waals surface area contributed by atoms with Crippen LogP contribution in [0, 0.1) is 5.92 Å². The summed E-state index contributed by atoms with van der Waals surface area (Å²) in [4.78, 5) is 22.1. The first kappa shape index (κ1) is 14.6. The van der Waals surface area contributed by atoms with Gasteiger partial charge in [0.1, 0.15) is 0 Å². The molecule has 0 aliphatic carbocycles. The summed E-state index contributed by atoms with van der Waals surface area (Å²) in [6.07, 6.45) is 2.49. The van der Waals surface area contributed by atoms with Gasteiger partial charge in [-0.3, -0.25) is 0 Å². The molecule has 1 saturated heterocycles. The smallest absolute Gasteiger partial charge is 0.358 e. The molecule has 1 aromatic heterocycles. The lowest BCUT2D eigenvalue weighted by atomic mass is 10.1. The Hall–Kier alpha value is -1.77. The highest BCUT2D eigenvalue weighted by atomic mass is 32.2. The summed E-state index contributed by atoms with van der Waals surface area (Å²) < 4.78 is 1.39. The molecular formula is C11H17N5O3S. The topological polar surface area (TPSA) is 109 Å². The molecule has 110 valence electrons. The van der Waals surface area contributed by atoms with E-state index in [2.05, 4.69) is 20.9 Å². The van der Waals surface area contributed by atoms with Crippen LogP contribution in [-0.2, 0) is 6.54 Å². The highest BCUT2D eigenvalue weighted by Crippen LogP contribution is 2.22. The van der Waals surface area contributed by atoms with Crippen LogP contribution in [0.2, 0.25) is 0 Å². The molecule has 1 aliphatic heterocycles. The predicted octanol–water partition coefficient (Wildman–Crippen LogP) is 0.0286. The first-order chi connectivity index (χ1) is 9.65. The van der Waals surface area contributed by atoms with Crippen LogP contribution in [0.4, 0.5) is 4.79 Å². The molecule has 3 N–H and O–H groups in total. The monoisotopic (exact) mass is 299 g/mol. The molecule has 0 aromatic carbocycles. The minimum Gasteiger partial charge on any atom is -0.476 e. The molecule has 20 heavy (non-hydrogen) atoms. The second-order valence-electron chi connectivity index (χ2n) is 4.54. The van der Waals surface area contributed by atoms with E-state index in [1.807, 2.05) is 11.8 Å². The van der Waals surface area contributed by atoms with Crippen molar-refractivity contribution in [3.8, 4) is 0 Å². The van der Waals surface area contributed by atoms with Gasteiger partial charge in [-0.25, -0.2) is 14.3 Å². The Kier molecular flexibility index (Phi) is 5.22. The number of hydrogen-bond donors (Lipinski definition) is 3. The zero-order chi connectivity index (χ0) is 14.4.